The minimum Gasteiger partial charge on any atom is -0.494 e. The second kappa shape index (κ2) is 12.1. The Morgan fingerprint density at radius 1 is 1.00 bits per heavy atom. The molecule has 1 N–H and O–H groups in total. The van der Waals surface area contributed by atoms with Gasteiger partial charge in [0.05, 0.1) is 24.9 Å². The molecule has 0 aliphatic rings. The second-order valence-corrected chi connectivity index (χ2v) is 10.2. The standard InChI is InChI=1S/C29H32ClF2NO5/c1-28(2,3)29(35,13-12-22(34)18-7-9-23(38-15-14-31)25(17-18)37-5)26-11-10-24(36-4)27(33-26)19-6-8-21(32)20(30)16-19/h6-11,16-17,35H,12-15H2,1-5H3. The Kier molecular flexibility index (Phi) is 9.33. The average molecular weight is 548 g/mol. The van der Waals surface area contributed by atoms with Crippen LogP contribution in [0.3, 0.4) is 0 Å². The number of halogens is 3. The predicted octanol–water partition coefficient (Wildman–Crippen LogP) is 6.80. The van der Waals surface area contributed by atoms with Crippen LogP contribution in [0, 0.1) is 11.2 Å². The number of methoxy groups -OCH3 is 2. The minimum atomic E-state index is -1.51. The number of hydrogen-bond acceptors (Lipinski definition) is 6. The number of Topliss-reactive ketones (excluding diaryl/α,β-unsaturated/α-hetero) is 1. The zero-order chi connectivity index (χ0) is 28.1. The first kappa shape index (κ1) is 29.3. The van der Waals surface area contributed by atoms with Gasteiger partial charge in [0.1, 0.15) is 36.1 Å². The van der Waals surface area contributed by atoms with E-state index in [9.17, 15) is 18.7 Å². The van der Waals surface area contributed by atoms with Crippen LogP contribution in [0.2, 0.25) is 5.02 Å². The van der Waals surface area contributed by atoms with Crippen molar-refractivity contribution < 1.29 is 32.9 Å². The van der Waals surface area contributed by atoms with Crippen molar-refractivity contribution in [3.05, 3.63) is 70.6 Å². The van der Waals surface area contributed by atoms with Gasteiger partial charge in [-0.3, -0.25) is 4.79 Å². The molecule has 204 valence electrons. The summed E-state index contributed by atoms with van der Waals surface area (Å²) >= 11 is 6.00. The van der Waals surface area contributed by atoms with E-state index >= 15 is 0 Å². The van der Waals surface area contributed by atoms with E-state index in [2.05, 4.69) is 0 Å². The zero-order valence-corrected chi connectivity index (χ0v) is 22.9. The molecule has 38 heavy (non-hydrogen) atoms. The molecule has 1 atom stereocenters. The van der Waals surface area contributed by atoms with E-state index in [-0.39, 0.29) is 30.3 Å². The number of alkyl halides is 1. The fraction of sp³-hybridized carbons (Fsp3) is 0.379. The first-order valence-corrected chi connectivity index (χ1v) is 12.5. The van der Waals surface area contributed by atoms with Crippen molar-refractivity contribution in [2.45, 2.75) is 39.2 Å². The summed E-state index contributed by atoms with van der Waals surface area (Å²) in [7, 11) is 2.92. The Morgan fingerprint density at radius 3 is 2.29 bits per heavy atom. The number of ether oxygens (including phenoxy) is 3. The first-order chi connectivity index (χ1) is 17.9. The molecule has 0 aliphatic carbocycles. The van der Waals surface area contributed by atoms with E-state index in [1.807, 2.05) is 20.8 Å². The molecule has 3 rings (SSSR count). The summed E-state index contributed by atoms with van der Waals surface area (Å²) < 4.78 is 42.3. The smallest absolute Gasteiger partial charge is 0.163 e. The third-order valence-electron chi connectivity index (χ3n) is 6.47. The maximum absolute atomic E-state index is 13.8. The molecule has 1 heterocycles. The van der Waals surface area contributed by atoms with Gasteiger partial charge in [-0.15, -0.1) is 0 Å². The lowest BCUT2D eigenvalue weighted by Gasteiger charge is -2.40. The zero-order valence-electron chi connectivity index (χ0n) is 22.1. The fourth-order valence-corrected chi connectivity index (χ4v) is 4.31. The molecule has 6 nitrogen and oxygen atoms in total. The molecule has 0 fully saturated rings. The summed E-state index contributed by atoms with van der Waals surface area (Å²) in [6, 6.07) is 12.2. The van der Waals surface area contributed by atoms with Crippen LogP contribution < -0.4 is 14.2 Å². The molecule has 9 heteroatoms. The second-order valence-electron chi connectivity index (χ2n) is 9.81. The number of carbonyl (C=O) groups excluding carboxylic acids is 1. The van der Waals surface area contributed by atoms with Crippen molar-refractivity contribution in [3.63, 3.8) is 0 Å². The number of aromatic nitrogens is 1. The molecule has 2 aromatic carbocycles. The average Bonchev–Trinajstić information content (AvgIpc) is 2.90. The summed E-state index contributed by atoms with van der Waals surface area (Å²) in [4.78, 5) is 17.9. The lowest BCUT2D eigenvalue weighted by molar-refractivity contribution is -0.0744. The van der Waals surface area contributed by atoms with E-state index in [4.69, 9.17) is 30.8 Å². The molecule has 0 saturated heterocycles. The minimum absolute atomic E-state index is 0.00697. The number of carbonyl (C=O) groups is 1. The molecule has 0 aliphatic heterocycles. The van der Waals surface area contributed by atoms with Gasteiger partial charge >= 0.3 is 0 Å². The van der Waals surface area contributed by atoms with Crippen LogP contribution in [0.5, 0.6) is 17.2 Å². The maximum atomic E-state index is 13.8. The van der Waals surface area contributed by atoms with Crippen molar-refractivity contribution in [2.24, 2.45) is 5.41 Å². The number of nitrogens with zero attached hydrogens (tertiary/aromatic N) is 1. The van der Waals surface area contributed by atoms with Crippen LogP contribution in [0.4, 0.5) is 8.78 Å². The lowest BCUT2D eigenvalue weighted by atomic mass is 9.71. The van der Waals surface area contributed by atoms with Crippen LogP contribution in [-0.4, -0.2) is 43.4 Å². The van der Waals surface area contributed by atoms with E-state index in [1.54, 1.807) is 24.3 Å². The number of benzene rings is 2. The summed E-state index contributed by atoms with van der Waals surface area (Å²) in [5.41, 5.74) is -0.619. The van der Waals surface area contributed by atoms with Crippen LogP contribution >= 0.6 is 11.6 Å². The van der Waals surface area contributed by atoms with Crippen molar-refractivity contribution in [2.75, 3.05) is 27.5 Å². The van der Waals surface area contributed by atoms with Crippen molar-refractivity contribution in [1.82, 2.24) is 4.98 Å². The quantitative estimate of drug-likeness (QED) is 0.266. The number of ketones is 1. The SMILES string of the molecule is COc1cc(C(=O)CCC(O)(c2ccc(OC)c(-c3ccc(F)c(Cl)c3)n2)C(C)(C)C)ccc1OCCF. The third kappa shape index (κ3) is 6.25. The highest BCUT2D eigenvalue weighted by molar-refractivity contribution is 6.31. The van der Waals surface area contributed by atoms with Crippen LogP contribution in [0.25, 0.3) is 11.3 Å². The highest BCUT2D eigenvalue weighted by atomic mass is 35.5. The van der Waals surface area contributed by atoms with Gasteiger partial charge in [0.2, 0.25) is 0 Å². The first-order valence-electron chi connectivity index (χ1n) is 12.1. The highest BCUT2D eigenvalue weighted by Gasteiger charge is 2.43. The van der Waals surface area contributed by atoms with Gasteiger partial charge in [-0.1, -0.05) is 32.4 Å². The van der Waals surface area contributed by atoms with Crippen LogP contribution in [0.15, 0.2) is 48.5 Å². The topological polar surface area (TPSA) is 77.9 Å². The van der Waals surface area contributed by atoms with Crippen LogP contribution in [0.1, 0.15) is 49.7 Å². The molecule has 0 amide bonds. The molecular weight excluding hydrogens is 516 g/mol. The van der Waals surface area contributed by atoms with Gasteiger partial charge in [-0.25, -0.2) is 13.8 Å². The van der Waals surface area contributed by atoms with Gasteiger partial charge in [0.15, 0.2) is 17.3 Å². The molecular formula is C29H32ClF2NO5. The van der Waals surface area contributed by atoms with E-state index < -0.39 is 23.5 Å². The lowest BCUT2D eigenvalue weighted by Crippen LogP contribution is -2.41. The molecule has 0 bridgehead atoms. The van der Waals surface area contributed by atoms with Crippen molar-refractivity contribution >= 4 is 17.4 Å². The highest BCUT2D eigenvalue weighted by Crippen LogP contribution is 2.44. The number of rotatable bonds is 11. The van der Waals surface area contributed by atoms with E-state index in [0.29, 0.717) is 39.8 Å². The summed E-state index contributed by atoms with van der Waals surface area (Å²) in [6.45, 7) is 4.81. The summed E-state index contributed by atoms with van der Waals surface area (Å²) in [5.74, 6) is 0.292. The van der Waals surface area contributed by atoms with Gasteiger partial charge in [-0.05, 0) is 60.4 Å². The molecule has 0 radical (unpaired) electrons. The van der Waals surface area contributed by atoms with Gasteiger partial charge in [0, 0.05) is 17.5 Å². The number of hydrogen-bond donors (Lipinski definition) is 1. The third-order valence-corrected chi connectivity index (χ3v) is 6.76. The Morgan fingerprint density at radius 2 is 1.68 bits per heavy atom. The molecule has 3 aromatic rings. The normalized spacial score (nSPS) is 13.1. The van der Waals surface area contributed by atoms with Crippen molar-refractivity contribution in [3.8, 4) is 28.5 Å². The summed E-state index contributed by atoms with van der Waals surface area (Å²) in [6.07, 6.45) is 0.0771. The predicted molar refractivity (Wildman–Crippen MR) is 143 cm³/mol. The van der Waals surface area contributed by atoms with Gasteiger partial charge in [-0.2, -0.15) is 0 Å². The van der Waals surface area contributed by atoms with Gasteiger partial charge in [0.25, 0.3) is 0 Å². The molecule has 0 saturated carbocycles. The van der Waals surface area contributed by atoms with E-state index in [1.165, 1.54) is 38.5 Å². The van der Waals surface area contributed by atoms with E-state index in [0.717, 1.165) is 0 Å². The molecule has 1 unspecified atom stereocenters. The fourth-order valence-electron chi connectivity index (χ4n) is 4.13. The maximum Gasteiger partial charge on any atom is 0.163 e. The monoisotopic (exact) mass is 547 g/mol. The summed E-state index contributed by atoms with van der Waals surface area (Å²) in [5, 5.41) is 11.9. The number of pyridine rings is 1. The molecule has 0 spiro atoms. The largest absolute Gasteiger partial charge is 0.494 e. The molecule has 1 aromatic heterocycles. The Hall–Kier alpha value is -3.23. The van der Waals surface area contributed by atoms with Gasteiger partial charge < -0.3 is 19.3 Å². The number of aliphatic hydroxyl groups is 1. The Bertz CT molecular complexity index is 1290. The van der Waals surface area contributed by atoms with Crippen molar-refractivity contribution in [1.29, 1.82) is 0 Å². The van der Waals surface area contributed by atoms with Crippen LogP contribution in [-0.2, 0) is 5.60 Å². The Labute approximate surface area is 226 Å². The Balaban J connectivity index is 1.94.